The average molecular weight is 333 g/mol. The van der Waals surface area contributed by atoms with Crippen LogP contribution in [0.5, 0.6) is 0 Å². The summed E-state index contributed by atoms with van der Waals surface area (Å²) in [5.74, 6) is 0.129. The van der Waals surface area contributed by atoms with Gasteiger partial charge in [-0.25, -0.2) is 8.78 Å². The van der Waals surface area contributed by atoms with Gasteiger partial charge in [-0.05, 0) is 25.1 Å². The van der Waals surface area contributed by atoms with Gasteiger partial charge in [-0.15, -0.1) is 10.2 Å². The minimum Gasteiger partial charge on any atom is -0.421 e. The number of carbonyl (C=O) groups is 1. The van der Waals surface area contributed by atoms with Crippen LogP contribution in [0.2, 0.25) is 0 Å². The van der Waals surface area contributed by atoms with Gasteiger partial charge in [0.2, 0.25) is 11.8 Å². The van der Waals surface area contributed by atoms with Crippen LogP contribution in [-0.2, 0) is 0 Å². The van der Waals surface area contributed by atoms with E-state index in [2.05, 4.69) is 25.7 Å². The summed E-state index contributed by atoms with van der Waals surface area (Å²) < 4.78 is 31.2. The summed E-state index contributed by atoms with van der Waals surface area (Å²) in [5.41, 5.74) is 0.659. The number of benzene rings is 1. The second kappa shape index (κ2) is 6.19. The Morgan fingerprint density at radius 1 is 1.29 bits per heavy atom. The van der Waals surface area contributed by atoms with E-state index >= 15 is 0 Å². The van der Waals surface area contributed by atoms with Gasteiger partial charge in [0.1, 0.15) is 0 Å². The van der Waals surface area contributed by atoms with E-state index in [1.165, 1.54) is 0 Å². The Morgan fingerprint density at radius 2 is 2.08 bits per heavy atom. The number of anilines is 1. The maximum atomic E-state index is 12.9. The predicted molar refractivity (Wildman–Crippen MR) is 80.7 cm³/mol. The summed E-state index contributed by atoms with van der Waals surface area (Å²) in [4.78, 5) is 12.4. The molecule has 0 radical (unpaired) electrons. The smallest absolute Gasteiger partial charge is 0.284 e. The number of carbonyl (C=O) groups excluding carboxylic acids is 1. The summed E-state index contributed by atoms with van der Waals surface area (Å²) >= 11 is 0. The van der Waals surface area contributed by atoms with Gasteiger partial charge in [0.15, 0.2) is 5.69 Å². The number of nitrogens with one attached hydrogen (secondary N) is 2. The molecule has 7 nitrogen and oxygen atoms in total. The van der Waals surface area contributed by atoms with Gasteiger partial charge in [-0.2, -0.15) is 5.10 Å². The number of halogens is 2. The molecule has 1 aromatic carbocycles. The quantitative estimate of drug-likeness (QED) is 0.764. The Kier molecular flexibility index (Phi) is 4.07. The number of hydrogen-bond donors (Lipinski definition) is 2. The fourth-order valence-corrected chi connectivity index (χ4v) is 2.16. The predicted octanol–water partition coefficient (Wildman–Crippen LogP) is 3.27. The molecule has 0 aliphatic heterocycles. The van der Waals surface area contributed by atoms with E-state index in [1.807, 2.05) is 0 Å². The lowest BCUT2D eigenvalue weighted by molar-refractivity contribution is 0.102. The third-order valence-electron chi connectivity index (χ3n) is 3.32. The molecule has 0 atom stereocenters. The highest BCUT2D eigenvalue weighted by molar-refractivity contribution is 6.05. The first-order valence-electron chi connectivity index (χ1n) is 7.00. The van der Waals surface area contributed by atoms with Crippen molar-refractivity contribution >= 4 is 11.6 Å². The van der Waals surface area contributed by atoms with Gasteiger partial charge < -0.3 is 9.73 Å². The molecule has 2 aromatic heterocycles. The highest BCUT2D eigenvalue weighted by atomic mass is 19.3. The van der Waals surface area contributed by atoms with E-state index < -0.39 is 18.0 Å². The minimum absolute atomic E-state index is 0.0194. The Labute approximate surface area is 135 Å². The van der Waals surface area contributed by atoms with E-state index in [0.717, 1.165) is 0 Å². The number of aryl methyl sites for hydroxylation is 2. The topological polar surface area (TPSA) is 96.7 Å². The van der Waals surface area contributed by atoms with E-state index in [4.69, 9.17) is 4.42 Å². The summed E-state index contributed by atoms with van der Waals surface area (Å²) in [5, 5.41) is 16.0. The molecule has 3 aromatic rings. The highest BCUT2D eigenvalue weighted by Crippen LogP contribution is 2.28. The van der Waals surface area contributed by atoms with E-state index in [-0.39, 0.29) is 17.1 Å². The molecular formula is C15H13F2N5O2. The summed E-state index contributed by atoms with van der Waals surface area (Å²) in [7, 11) is 0. The molecule has 0 spiro atoms. The fraction of sp³-hybridized carbons (Fsp3) is 0.200. The van der Waals surface area contributed by atoms with Crippen molar-refractivity contribution in [3.63, 3.8) is 0 Å². The monoisotopic (exact) mass is 333 g/mol. The zero-order valence-electron chi connectivity index (χ0n) is 12.8. The highest BCUT2D eigenvalue weighted by Gasteiger charge is 2.21. The van der Waals surface area contributed by atoms with Crippen LogP contribution >= 0.6 is 0 Å². The van der Waals surface area contributed by atoms with Crippen LogP contribution in [0, 0.1) is 13.8 Å². The third-order valence-corrected chi connectivity index (χ3v) is 3.32. The summed E-state index contributed by atoms with van der Waals surface area (Å²) in [6, 6.07) is 6.44. The number of nitrogens with zero attached hydrogens (tertiary/aromatic N) is 3. The molecule has 1 amide bonds. The van der Waals surface area contributed by atoms with Gasteiger partial charge in [0.25, 0.3) is 12.3 Å². The second-order valence-electron chi connectivity index (χ2n) is 5.07. The Hall–Kier alpha value is -3.10. The molecule has 9 heteroatoms. The Bertz CT molecular complexity index is 888. The number of rotatable bonds is 4. The average Bonchev–Trinajstić information content (AvgIpc) is 3.14. The second-order valence-corrected chi connectivity index (χ2v) is 5.07. The van der Waals surface area contributed by atoms with Crippen molar-refractivity contribution in [3.05, 3.63) is 47.1 Å². The van der Waals surface area contributed by atoms with E-state index in [9.17, 15) is 13.6 Å². The molecular weight excluding hydrogens is 320 g/mol. The van der Waals surface area contributed by atoms with Gasteiger partial charge in [0.05, 0.1) is 11.4 Å². The molecule has 3 rings (SSSR count). The standard InChI is InChI=1S/C15H13F2N5O2/c1-7-11(12(13(16)17)21-19-7)18-14(23)9-4-3-5-10(6-9)15-22-20-8(2)24-15/h3-6,13H,1-2H3,(H,18,23)(H,19,21). The molecule has 24 heavy (non-hydrogen) atoms. The van der Waals surface area contributed by atoms with Crippen molar-refractivity contribution in [2.75, 3.05) is 5.32 Å². The maximum absolute atomic E-state index is 12.9. The maximum Gasteiger partial charge on any atom is 0.284 e. The number of H-pyrrole nitrogens is 1. The zero-order valence-corrected chi connectivity index (χ0v) is 12.8. The lowest BCUT2D eigenvalue weighted by Gasteiger charge is -2.07. The van der Waals surface area contributed by atoms with Crippen molar-refractivity contribution in [3.8, 4) is 11.5 Å². The molecule has 124 valence electrons. The van der Waals surface area contributed by atoms with Crippen LogP contribution < -0.4 is 5.32 Å². The molecule has 2 heterocycles. The first kappa shape index (κ1) is 15.8. The van der Waals surface area contributed by atoms with Crippen LogP contribution in [0.1, 0.15) is 34.1 Å². The third kappa shape index (κ3) is 3.00. The molecule has 2 N–H and O–H groups in total. The number of aromatic amines is 1. The molecule has 0 aliphatic carbocycles. The van der Waals surface area contributed by atoms with Gasteiger partial charge >= 0.3 is 0 Å². The molecule has 0 aliphatic rings. The molecule has 0 unspecified atom stereocenters. The van der Waals surface area contributed by atoms with Gasteiger partial charge in [0, 0.05) is 18.1 Å². The number of alkyl halides is 2. The van der Waals surface area contributed by atoms with Gasteiger partial charge in [-0.3, -0.25) is 9.89 Å². The zero-order chi connectivity index (χ0) is 17.3. The van der Waals surface area contributed by atoms with E-state index in [1.54, 1.807) is 38.1 Å². The number of hydrogen-bond acceptors (Lipinski definition) is 5. The first-order chi connectivity index (χ1) is 11.5. The number of amides is 1. The fourth-order valence-electron chi connectivity index (χ4n) is 2.16. The van der Waals surface area contributed by atoms with Crippen LogP contribution in [0.4, 0.5) is 14.5 Å². The van der Waals surface area contributed by atoms with Crippen LogP contribution in [0.25, 0.3) is 11.5 Å². The van der Waals surface area contributed by atoms with Crippen molar-refractivity contribution < 1.29 is 18.0 Å². The van der Waals surface area contributed by atoms with Crippen LogP contribution in [0.15, 0.2) is 28.7 Å². The van der Waals surface area contributed by atoms with Crippen molar-refractivity contribution in [1.29, 1.82) is 0 Å². The van der Waals surface area contributed by atoms with Crippen molar-refractivity contribution in [2.45, 2.75) is 20.3 Å². The molecule has 0 saturated heterocycles. The minimum atomic E-state index is -2.79. The summed E-state index contributed by atoms with van der Waals surface area (Å²) in [6.07, 6.45) is -2.79. The molecule has 0 bridgehead atoms. The van der Waals surface area contributed by atoms with Crippen molar-refractivity contribution in [1.82, 2.24) is 20.4 Å². The largest absolute Gasteiger partial charge is 0.421 e. The molecule has 0 saturated carbocycles. The van der Waals surface area contributed by atoms with Gasteiger partial charge in [-0.1, -0.05) is 6.07 Å². The lowest BCUT2D eigenvalue weighted by Crippen LogP contribution is -2.13. The van der Waals surface area contributed by atoms with Crippen molar-refractivity contribution in [2.24, 2.45) is 0 Å². The SMILES string of the molecule is Cc1nnc(-c2cccc(C(=O)Nc3c(C(F)F)n[nH]c3C)c2)o1. The summed E-state index contributed by atoms with van der Waals surface area (Å²) in [6.45, 7) is 3.20. The Balaban J connectivity index is 1.87. The normalized spacial score (nSPS) is 11.0. The Morgan fingerprint density at radius 3 is 2.75 bits per heavy atom. The first-order valence-corrected chi connectivity index (χ1v) is 7.00. The van der Waals surface area contributed by atoms with Crippen LogP contribution in [-0.4, -0.2) is 26.3 Å². The number of aromatic nitrogens is 4. The lowest BCUT2D eigenvalue weighted by atomic mass is 10.1. The molecule has 0 fully saturated rings. The van der Waals surface area contributed by atoms with Crippen LogP contribution in [0.3, 0.4) is 0 Å². The van der Waals surface area contributed by atoms with E-state index in [0.29, 0.717) is 17.1 Å².